The first-order valence-corrected chi connectivity index (χ1v) is 9.60. The molecule has 1 atom stereocenters. The number of aliphatic hydroxyl groups is 1. The number of aliphatic hydroxyl groups excluding tert-OH is 1. The molecule has 3 aromatic carbocycles. The summed E-state index contributed by atoms with van der Waals surface area (Å²) in [5.74, 6) is -0.925. The van der Waals surface area contributed by atoms with Crippen molar-refractivity contribution in [1.29, 1.82) is 0 Å². The van der Waals surface area contributed by atoms with Crippen LogP contribution >= 0.6 is 0 Å². The predicted octanol–water partition coefficient (Wildman–Crippen LogP) is 2.02. The average Bonchev–Trinajstić information content (AvgIpc) is 2.78. The van der Waals surface area contributed by atoms with E-state index in [9.17, 15) is 19.5 Å². The van der Waals surface area contributed by atoms with E-state index >= 15 is 0 Å². The van der Waals surface area contributed by atoms with Gasteiger partial charge in [-0.3, -0.25) is 14.4 Å². The summed E-state index contributed by atoms with van der Waals surface area (Å²) in [5.41, 5.74) is -0.0719. The maximum atomic E-state index is 12.2. The number of hydrogen-bond donors (Lipinski definition) is 5. The van der Waals surface area contributed by atoms with Gasteiger partial charge in [-0.25, -0.2) is 0 Å². The Bertz CT molecular complexity index is 1100. The van der Waals surface area contributed by atoms with Crippen LogP contribution in [0.1, 0.15) is 35.3 Å². The van der Waals surface area contributed by atoms with Crippen LogP contribution in [0.25, 0.3) is 0 Å². The smallest absolute Gasteiger partial charge is 0.255 e. The molecule has 8 heteroatoms. The fourth-order valence-electron chi connectivity index (χ4n) is 3.16. The lowest BCUT2D eigenvalue weighted by atomic mass is 10.0. The molecule has 0 fully saturated rings. The number of aromatic hydroxyl groups is 1. The zero-order valence-electron chi connectivity index (χ0n) is 16.4. The molecule has 30 heavy (non-hydrogen) atoms. The first kappa shape index (κ1) is 21.1. The van der Waals surface area contributed by atoms with E-state index in [-0.39, 0.29) is 47.6 Å². The number of carbonyl (C=O) groups is 1. The van der Waals surface area contributed by atoms with Crippen molar-refractivity contribution in [2.24, 2.45) is 0 Å². The van der Waals surface area contributed by atoms with Gasteiger partial charge in [0.25, 0.3) is 16.8 Å². The minimum absolute atomic E-state index is 0.0163. The van der Waals surface area contributed by atoms with Gasteiger partial charge in [0.1, 0.15) is 11.4 Å². The van der Waals surface area contributed by atoms with E-state index in [0.29, 0.717) is 6.42 Å². The van der Waals surface area contributed by atoms with Gasteiger partial charge >= 0.3 is 0 Å². The molecule has 1 amide bonds. The van der Waals surface area contributed by atoms with Gasteiger partial charge < -0.3 is 26.2 Å². The van der Waals surface area contributed by atoms with E-state index < -0.39 is 16.8 Å². The van der Waals surface area contributed by atoms with Gasteiger partial charge in [-0.1, -0.05) is 43.3 Å². The fraction of sp³-hybridized carbons (Fsp3) is 0.227. The normalized spacial score (nSPS) is 11.8. The third-order valence-electron chi connectivity index (χ3n) is 4.78. The van der Waals surface area contributed by atoms with E-state index in [0.717, 1.165) is 5.56 Å². The lowest BCUT2D eigenvalue weighted by molar-refractivity contribution is 0.0942. The Hall–Kier alpha value is -3.65. The Morgan fingerprint density at radius 3 is 2.37 bits per heavy atom. The van der Waals surface area contributed by atoms with Crippen LogP contribution in [0.2, 0.25) is 0 Å². The van der Waals surface area contributed by atoms with Crippen LogP contribution in [0, 0.1) is 0 Å². The molecule has 5 N–H and O–H groups in total. The van der Waals surface area contributed by atoms with Crippen molar-refractivity contribution < 1.29 is 15.0 Å². The second-order valence-corrected chi connectivity index (χ2v) is 6.73. The molecule has 0 aliphatic rings. The number of phenolic OH excluding ortho intramolecular Hbond substituents is 1. The van der Waals surface area contributed by atoms with Crippen LogP contribution in [0.3, 0.4) is 0 Å². The summed E-state index contributed by atoms with van der Waals surface area (Å²) >= 11 is 0. The van der Waals surface area contributed by atoms with Gasteiger partial charge in [-0.2, -0.15) is 0 Å². The van der Waals surface area contributed by atoms with Crippen LogP contribution in [-0.2, 0) is 0 Å². The molecular weight excluding hydrogens is 386 g/mol. The number of hydrogen-bond acceptors (Lipinski definition) is 7. The third kappa shape index (κ3) is 4.18. The van der Waals surface area contributed by atoms with E-state index in [2.05, 4.69) is 16.0 Å². The second kappa shape index (κ2) is 9.23. The van der Waals surface area contributed by atoms with Crippen LogP contribution in [0.4, 0.5) is 17.1 Å². The SMILES string of the molecule is CCC(Nc1c(Nc2cccc(C(=O)NCCO)c2O)c(=O)c1=O)c1ccccc1. The van der Waals surface area contributed by atoms with E-state index in [1.165, 1.54) is 18.2 Å². The molecule has 0 bridgehead atoms. The lowest BCUT2D eigenvalue weighted by Crippen LogP contribution is -2.37. The molecule has 0 aliphatic carbocycles. The van der Waals surface area contributed by atoms with Gasteiger partial charge in [-0.15, -0.1) is 0 Å². The summed E-state index contributed by atoms with van der Waals surface area (Å²) in [5, 5.41) is 27.6. The molecule has 0 heterocycles. The molecule has 1 unspecified atom stereocenters. The number of nitrogens with one attached hydrogen (secondary N) is 3. The summed E-state index contributed by atoms with van der Waals surface area (Å²) in [6, 6.07) is 13.8. The Labute approximate surface area is 172 Å². The number of amides is 1. The molecule has 156 valence electrons. The average molecular weight is 409 g/mol. The second-order valence-electron chi connectivity index (χ2n) is 6.73. The number of para-hydroxylation sites is 1. The van der Waals surface area contributed by atoms with E-state index in [1.807, 2.05) is 37.3 Å². The highest BCUT2D eigenvalue weighted by atomic mass is 16.3. The van der Waals surface area contributed by atoms with Gasteiger partial charge in [-0.05, 0) is 24.1 Å². The van der Waals surface area contributed by atoms with Crippen molar-refractivity contribution in [3.63, 3.8) is 0 Å². The molecule has 0 spiro atoms. The van der Waals surface area contributed by atoms with Crippen molar-refractivity contribution in [3.8, 4) is 5.75 Å². The maximum Gasteiger partial charge on any atom is 0.255 e. The van der Waals surface area contributed by atoms with E-state index in [4.69, 9.17) is 5.11 Å². The van der Waals surface area contributed by atoms with Gasteiger partial charge in [0.05, 0.1) is 23.9 Å². The van der Waals surface area contributed by atoms with Crippen molar-refractivity contribution in [1.82, 2.24) is 5.32 Å². The highest BCUT2D eigenvalue weighted by molar-refractivity contribution is 5.99. The van der Waals surface area contributed by atoms with Crippen LogP contribution < -0.4 is 26.8 Å². The fourth-order valence-corrected chi connectivity index (χ4v) is 3.16. The number of carbonyl (C=O) groups excluding carboxylic acids is 1. The standard InChI is InChI=1S/C22H23N3O5/c1-2-15(13-7-4-3-5-8-13)24-17-18(21(29)20(17)28)25-16-10-6-9-14(19(16)27)22(30)23-11-12-26/h3-10,15,24-27H,2,11-12H2,1H3,(H,23,30). The number of anilines is 3. The van der Waals surface area contributed by atoms with Crippen molar-refractivity contribution in [3.05, 3.63) is 80.1 Å². The zero-order chi connectivity index (χ0) is 21.7. The highest BCUT2D eigenvalue weighted by Gasteiger charge is 2.25. The minimum Gasteiger partial charge on any atom is -0.505 e. The lowest BCUT2D eigenvalue weighted by Gasteiger charge is -2.22. The molecule has 3 rings (SSSR count). The number of benzene rings is 2. The topological polar surface area (TPSA) is 128 Å². The van der Waals surface area contributed by atoms with Gasteiger partial charge in [0.2, 0.25) is 0 Å². The Kier molecular flexibility index (Phi) is 6.48. The Balaban J connectivity index is 1.86. The summed E-state index contributed by atoms with van der Waals surface area (Å²) in [7, 11) is 0. The van der Waals surface area contributed by atoms with Crippen molar-refractivity contribution in [2.75, 3.05) is 23.8 Å². The van der Waals surface area contributed by atoms with Crippen molar-refractivity contribution >= 4 is 23.0 Å². The van der Waals surface area contributed by atoms with Crippen molar-refractivity contribution in [2.45, 2.75) is 19.4 Å². The quantitative estimate of drug-likeness (QED) is 0.270. The van der Waals surface area contributed by atoms with Gasteiger partial charge in [0.15, 0.2) is 5.75 Å². The summed E-state index contributed by atoms with van der Waals surface area (Å²) in [6.07, 6.45) is 0.689. The Morgan fingerprint density at radius 2 is 1.70 bits per heavy atom. The molecule has 0 aliphatic heterocycles. The zero-order valence-corrected chi connectivity index (χ0v) is 16.4. The van der Waals surface area contributed by atoms with Crippen LogP contribution in [0.15, 0.2) is 58.1 Å². The number of phenols is 1. The largest absolute Gasteiger partial charge is 0.505 e. The molecular formula is C22H23N3O5. The van der Waals surface area contributed by atoms with Crippen LogP contribution in [-0.4, -0.2) is 29.3 Å². The number of rotatable bonds is 9. The van der Waals surface area contributed by atoms with Gasteiger partial charge in [0, 0.05) is 6.54 Å². The monoisotopic (exact) mass is 409 g/mol. The first-order valence-electron chi connectivity index (χ1n) is 9.60. The highest BCUT2D eigenvalue weighted by Crippen LogP contribution is 2.32. The summed E-state index contributed by atoms with van der Waals surface area (Å²) in [6.45, 7) is 1.77. The first-order chi connectivity index (χ1) is 14.5. The molecule has 8 nitrogen and oxygen atoms in total. The maximum absolute atomic E-state index is 12.2. The molecule has 3 aromatic rings. The Morgan fingerprint density at radius 1 is 1.00 bits per heavy atom. The molecule has 0 radical (unpaired) electrons. The third-order valence-corrected chi connectivity index (χ3v) is 4.78. The van der Waals surface area contributed by atoms with Crippen LogP contribution in [0.5, 0.6) is 5.75 Å². The minimum atomic E-state index is -0.699. The summed E-state index contributed by atoms with van der Waals surface area (Å²) < 4.78 is 0. The molecule has 0 aromatic heterocycles. The molecule has 0 saturated heterocycles. The van der Waals surface area contributed by atoms with E-state index in [1.54, 1.807) is 0 Å². The summed E-state index contributed by atoms with van der Waals surface area (Å²) in [4.78, 5) is 36.4. The molecule has 0 saturated carbocycles. The predicted molar refractivity (Wildman–Crippen MR) is 115 cm³/mol.